The monoisotopic (exact) mass is 781 g/mol. The summed E-state index contributed by atoms with van der Waals surface area (Å²) in [4.78, 5) is 63.3. The lowest BCUT2D eigenvalue weighted by Gasteiger charge is -2.36. The van der Waals surface area contributed by atoms with Crippen molar-refractivity contribution in [1.82, 2.24) is 29.7 Å². The van der Waals surface area contributed by atoms with Crippen molar-refractivity contribution < 1.29 is 45.5 Å². The molecule has 5 rings (SSSR count). The molecule has 1 fully saturated rings. The molecule has 1 saturated heterocycles. The fraction of sp³-hybridized carbons (Fsp3) is 0.429. The number of pyridine rings is 2. The number of carbonyl (C=O) groups excluding carboxylic acids is 3. The predicted molar refractivity (Wildman–Crippen MR) is 189 cm³/mol. The number of amides is 2. The number of anilines is 1. The smallest absolute Gasteiger partial charge is 0.382 e. The lowest BCUT2D eigenvalue weighted by molar-refractivity contribution is -0.193. The number of benzene rings is 1. The first-order valence-electron chi connectivity index (χ1n) is 17.1. The van der Waals surface area contributed by atoms with Gasteiger partial charge >= 0.3 is 30.3 Å². The topological polar surface area (TPSA) is 139 Å². The number of nitrogens with one attached hydrogen (secondary N) is 2. The number of rotatable bonds is 11. The molecule has 0 saturated carbocycles. The second-order valence-electron chi connectivity index (χ2n) is 12.4. The molecule has 12 nitrogen and oxygen atoms in total. The van der Waals surface area contributed by atoms with E-state index in [-0.39, 0.29) is 45.5 Å². The highest BCUT2D eigenvalue weighted by molar-refractivity contribution is 7.13. The van der Waals surface area contributed by atoms with Crippen molar-refractivity contribution in [3.63, 3.8) is 0 Å². The van der Waals surface area contributed by atoms with Gasteiger partial charge in [0.2, 0.25) is 5.43 Å². The molecule has 1 unspecified atom stereocenters. The van der Waals surface area contributed by atoms with E-state index >= 15 is 0 Å². The number of thiazole rings is 1. The number of carbonyl (C=O) groups is 3. The Morgan fingerprint density at radius 2 is 1.80 bits per heavy atom. The van der Waals surface area contributed by atoms with Gasteiger partial charge in [-0.2, -0.15) is 26.3 Å². The Morgan fingerprint density at radius 3 is 2.44 bits per heavy atom. The van der Waals surface area contributed by atoms with E-state index in [9.17, 15) is 45.5 Å². The number of hydrogen-bond donors (Lipinski definition) is 2. The highest BCUT2D eigenvalue weighted by atomic mass is 32.1. The summed E-state index contributed by atoms with van der Waals surface area (Å²) in [5.74, 6) is -4.59. The average Bonchev–Trinajstić information content (AvgIpc) is 3.63. The summed E-state index contributed by atoms with van der Waals surface area (Å²) in [5.41, 5.74) is -2.16. The van der Waals surface area contributed by atoms with Crippen molar-refractivity contribution in [1.29, 1.82) is 0 Å². The van der Waals surface area contributed by atoms with Gasteiger partial charge in [0, 0.05) is 66.5 Å². The van der Waals surface area contributed by atoms with Gasteiger partial charge in [0.25, 0.3) is 0 Å². The van der Waals surface area contributed by atoms with Crippen LogP contribution in [0.1, 0.15) is 55.7 Å². The lowest BCUT2D eigenvalue weighted by atomic mass is 9.98. The molecule has 0 bridgehead atoms. The lowest BCUT2D eigenvalue weighted by Crippen LogP contribution is -2.41. The minimum absolute atomic E-state index is 0.0196. The molecule has 3 aromatic heterocycles. The number of likely N-dealkylation sites (N-methyl/N-ethyl adjacent to an activating group) is 1. The highest BCUT2D eigenvalue weighted by Crippen LogP contribution is 2.39. The van der Waals surface area contributed by atoms with Crippen LogP contribution in [0.15, 0.2) is 46.8 Å². The van der Waals surface area contributed by atoms with Gasteiger partial charge in [-0.1, -0.05) is 19.9 Å². The van der Waals surface area contributed by atoms with E-state index in [1.807, 2.05) is 0 Å². The summed E-state index contributed by atoms with van der Waals surface area (Å²) < 4.78 is 85.7. The van der Waals surface area contributed by atoms with Crippen LogP contribution in [0.25, 0.3) is 32.6 Å². The summed E-state index contributed by atoms with van der Waals surface area (Å²) in [6, 6.07) is 4.83. The second-order valence-corrected chi connectivity index (χ2v) is 13.3. The number of urea groups is 1. The van der Waals surface area contributed by atoms with Gasteiger partial charge in [-0.15, -0.1) is 11.3 Å². The summed E-state index contributed by atoms with van der Waals surface area (Å²) >= 11 is 0.681. The summed E-state index contributed by atoms with van der Waals surface area (Å²) in [6.07, 6.45) is -6.55. The number of aromatic nitrogens is 3. The SMILES string of the molecule is CCNC(=O)Nc1cc(-c2nc(C(F)(F)F)cs2)c(-c2ccc3c(c2)c(=O)c(C(=O)OC(=O)C(F)(F)F)cn3C2CCCN(CCN(CC)CC)C2)cn1. The van der Waals surface area contributed by atoms with Gasteiger partial charge in [0.1, 0.15) is 16.4 Å². The third kappa shape index (κ3) is 9.25. The zero-order valence-electron chi connectivity index (χ0n) is 29.4. The Bertz CT molecular complexity index is 2080. The van der Waals surface area contributed by atoms with Gasteiger partial charge in [0.15, 0.2) is 5.69 Å². The van der Waals surface area contributed by atoms with Crippen LogP contribution in [-0.2, 0) is 15.7 Å². The van der Waals surface area contributed by atoms with Crippen molar-refractivity contribution in [2.45, 2.75) is 52.0 Å². The van der Waals surface area contributed by atoms with Crippen LogP contribution in [0.4, 0.5) is 37.0 Å². The van der Waals surface area contributed by atoms with Crippen LogP contribution >= 0.6 is 11.3 Å². The molecule has 4 heterocycles. The standard InChI is InChI=1S/C35H37F6N7O5S/c1-4-42-33(52)45-28-15-22(30-44-27(19-54-30)34(36,37)38)24(16-43-28)20-9-10-26-23(14-20)29(49)25(31(50)53-32(51)35(39,40)41)18-48(26)21-8-7-11-47(17-21)13-12-46(5-2)6-3/h9-10,14-16,18-19,21H,4-8,11-13,17H2,1-3H3,(H2,42,43,45,52). The van der Waals surface area contributed by atoms with Gasteiger partial charge in [-0.05, 0) is 63.2 Å². The Morgan fingerprint density at radius 1 is 1.06 bits per heavy atom. The third-order valence-electron chi connectivity index (χ3n) is 8.99. The van der Waals surface area contributed by atoms with Gasteiger partial charge in [0.05, 0.1) is 5.52 Å². The zero-order valence-corrected chi connectivity index (χ0v) is 30.3. The molecule has 290 valence electrons. The van der Waals surface area contributed by atoms with Crippen LogP contribution in [0.5, 0.6) is 0 Å². The highest BCUT2D eigenvalue weighted by Gasteiger charge is 2.43. The fourth-order valence-corrected chi connectivity index (χ4v) is 7.09. The molecule has 2 amide bonds. The van der Waals surface area contributed by atoms with E-state index in [0.29, 0.717) is 29.8 Å². The number of likely N-dealkylation sites (tertiary alicyclic amines) is 1. The average molecular weight is 782 g/mol. The summed E-state index contributed by atoms with van der Waals surface area (Å²) in [6.45, 7) is 10.6. The zero-order chi connectivity index (χ0) is 39.4. The van der Waals surface area contributed by atoms with Gasteiger partial charge in [-0.25, -0.2) is 24.4 Å². The maximum atomic E-state index is 13.9. The van der Waals surface area contributed by atoms with E-state index in [0.717, 1.165) is 50.7 Å². The molecule has 0 spiro atoms. The number of alkyl halides is 6. The first-order valence-corrected chi connectivity index (χ1v) is 18.0. The first kappa shape index (κ1) is 40.3. The van der Waals surface area contributed by atoms with Crippen molar-refractivity contribution in [3.8, 4) is 21.7 Å². The molecule has 2 N–H and O–H groups in total. The molecule has 54 heavy (non-hydrogen) atoms. The van der Waals surface area contributed by atoms with Crippen LogP contribution in [0, 0.1) is 0 Å². The third-order valence-corrected chi connectivity index (χ3v) is 9.86. The van der Waals surface area contributed by atoms with Crippen molar-refractivity contribution in [3.05, 3.63) is 63.5 Å². The Balaban J connectivity index is 1.65. The van der Waals surface area contributed by atoms with Crippen molar-refractivity contribution >= 4 is 46.0 Å². The molecular weight excluding hydrogens is 744 g/mol. The fourth-order valence-electron chi connectivity index (χ4n) is 6.23. The molecule has 0 radical (unpaired) electrons. The molecule has 1 aliphatic rings. The quantitative estimate of drug-likeness (QED) is 0.0983. The van der Waals surface area contributed by atoms with Crippen molar-refractivity contribution in [2.75, 3.05) is 51.1 Å². The van der Waals surface area contributed by atoms with Crippen LogP contribution < -0.4 is 16.1 Å². The Labute approximate surface area is 309 Å². The number of ether oxygens (including phenoxy) is 1. The van der Waals surface area contributed by atoms with Gasteiger partial charge in [-0.3, -0.25) is 10.1 Å². The van der Waals surface area contributed by atoms with E-state index in [1.165, 1.54) is 18.3 Å². The van der Waals surface area contributed by atoms with Crippen LogP contribution in [0.3, 0.4) is 0 Å². The van der Waals surface area contributed by atoms with Crippen LogP contribution in [0.2, 0.25) is 0 Å². The maximum Gasteiger partial charge on any atom is 0.491 e. The normalized spacial score (nSPS) is 15.4. The molecule has 1 aliphatic heterocycles. The number of fused-ring (bicyclic) bond motifs is 1. The number of esters is 2. The van der Waals surface area contributed by atoms with Gasteiger partial charge < -0.3 is 24.4 Å². The largest absolute Gasteiger partial charge is 0.491 e. The van der Waals surface area contributed by atoms with E-state index in [2.05, 4.69) is 49.0 Å². The summed E-state index contributed by atoms with van der Waals surface area (Å²) in [7, 11) is 0. The minimum Gasteiger partial charge on any atom is -0.382 e. The number of piperidine rings is 1. The predicted octanol–water partition coefficient (Wildman–Crippen LogP) is 6.57. The van der Waals surface area contributed by atoms with E-state index < -0.39 is 47.0 Å². The van der Waals surface area contributed by atoms with E-state index in [1.54, 1.807) is 23.6 Å². The molecule has 1 aromatic carbocycles. The Hall–Kier alpha value is -4.88. The second kappa shape index (κ2) is 16.6. The molecule has 4 aromatic rings. The molecular formula is C35H37F6N7O5S. The van der Waals surface area contributed by atoms with Crippen LogP contribution in [-0.4, -0.2) is 94.3 Å². The first-order chi connectivity index (χ1) is 25.5. The van der Waals surface area contributed by atoms with Crippen molar-refractivity contribution in [2.24, 2.45) is 0 Å². The maximum absolute atomic E-state index is 13.9. The van der Waals surface area contributed by atoms with E-state index in [4.69, 9.17) is 0 Å². The molecule has 1 atom stereocenters. The molecule has 19 heteroatoms. The number of halogens is 6. The summed E-state index contributed by atoms with van der Waals surface area (Å²) in [5, 5.41) is 5.62. The number of hydrogen-bond acceptors (Lipinski definition) is 10. The number of nitrogens with zero attached hydrogens (tertiary/aromatic N) is 5. The Kier molecular flexibility index (Phi) is 12.4. The molecule has 0 aliphatic carbocycles. The minimum atomic E-state index is -5.50.